The van der Waals surface area contributed by atoms with Crippen LogP contribution in [0.4, 0.5) is 0 Å². The van der Waals surface area contributed by atoms with Crippen molar-refractivity contribution in [1.82, 2.24) is 4.57 Å². The SMILES string of the molecule is COC(=O)c1ccc(Cn2c(=O)cc(C)c3ccccc32)cc1. The van der Waals surface area contributed by atoms with Crippen LogP contribution in [0.25, 0.3) is 10.9 Å². The summed E-state index contributed by atoms with van der Waals surface area (Å²) < 4.78 is 6.44. The summed E-state index contributed by atoms with van der Waals surface area (Å²) in [5, 5.41) is 1.07. The van der Waals surface area contributed by atoms with Gasteiger partial charge in [-0.1, -0.05) is 30.3 Å². The van der Waals surface area contributed by atoms with Crippen LogP contribution in [-0.4, -0.2) is 17.6 Å². The van der Waals surface area contributed by atoms with E-state index in [0.29, 0.717) is 12.1 Å². The van der Waals surface area contributed by atoms with Crippen LogP contribution < -0.4 is 5.56 Å². The largest absolute Gasteiger partial charge is 0.465 e. The third-order valence-corrected chi connectivity index (χ3v) is 3.94. The van der Waals surface area contributed by atoms with Crippen LogP contribution in [0, 0.1) is 6.92 Å². The number of esters is 1. The molecule has 0 bridgehead atoms. The molecule has 3 rings (SSSR count). The predicted octanol–water partition coefficient (Wildman–Crippen LogP) is 3.14. The van der Waals surface area contributed by atoms with Gasteiger partial charge in [0.05, 0.1) is 24.7 Å². The Bertz CT molecular complexity index is 923. The quantitative estimate of drug-likeness (QED) is 0.698. The molecule has 23 heavy (non-hydrogen) atoms. The van der Waals surface area contributed by atoms with Crippen LogP contribution in [0.3, 0.4) is 0 Å². The van der Waals surface area contributed by atoms with E-state index < -0.39 is 0 Å². The zero-order valence-electron chi connectivity index (χ0n) is 13.1. The van der Waals surface area contributed by atoms with Gasteiger partial charge in [-0.25, -0.2) is 4.79 Å². The Balaban J connectivity index is 2.02. The number of para-hydroxylation sites is 1. The van der Waals surface area contributed by atoms with Gasteiger partial charge in [-0.05, 0) is 36.2 Å². The molecule has 1 aromatic heterocycles. The summed E-state index contributed by atoms with van der Waals surface area (Å²) in [6, 6.07) is 16.6. The number of fused-ring (bicyclic) bond motifs is 1. The number of hydrogen-bond donors (Lipinski definition) is 0. The van der Waals surface area contributed by atoms with E-state index in [1.165, 1.54) is 7.11 Å². The van der Waals surface area contributed by atoms with Crippen LogP contribution in [0.1, 0.15) is 21.5 Å². The highest BCUT2D eigenvalue weighted by atomic mass is 16.5. The number of ether oxygens (including phenoxy) is 1. The summed E-state index contributed by atoms with van der Waals surface area (Å²) in [7, 11) is 1.36. The highest BCUT2D eigenvalue weighted by molar-refractivity contribution is 5.89. The number of carbonyl (C=O) groups excluding carboxylic acids is 1. The van der Waals surface area contributed by atoms with Gasteiger partial charge in [-0.2, -0.15) is 0 Å². The van der Waals surface area contributed by atoms with Gasteiger partial charge in [-0.15, -0.1) is 0 Å². The molecular formula is C19H17NO3. The fourth-order valence-electron chi connectivity index (χ4n) is 2.71. The fraction of sp³-hybridized carbons (Fsp3) is 0.158. The summed E-state index contributed by atoms with van der Waals surface area (Å²) in [5.74, 6) is -0.366. The van der Waals surface area contributed by atoms with Crippen molar-refractivity contribution in [2.45, 2.75) is 13.5 Å². The number of benzene rings is 2. The highest BCUT2D eigenvalue weighted by Crippen LogP contribution is 2.17. The van der Waals surface area contributed by atoms with Gasteiger partial charge in [0.2, 0.25) is 0 Å². The lowest BCUT2D eigenvalue weighted by Gasteiger charge is -2.12. The molecular weight excluding hydrogens is 290 g/mol. The Morgan fingerprint density at radius 1 is 1.09 bits per heavy atom. The molecule has 0 aliphatic heterocycles. The van der Waals surface area contributed by atoms with E-state index in [2.05, 4.69) is 0 Å². The lowest BCUT2D eigenvalue weighted by atomic mass is 10.1. The molecule has 0 N–H and O–H groups in total. The van der Waals surface area contributed by atoms with Crippen LogP contribution in [0.15, 0.2) is 59.4 Å². The molecule has 4 heteroatoms. The number of methoxy groups -OCH3 is 1. The maximum atomic E-state index is 12.4. The molecule has 3 aromatic rings. The Morgan fingerprint density at radius 3 is 2.48 bits per heavy atom. The topological polar surface area (TPSA) is 48.3 Å². The minimum atomic E-state index is -0.366. The molecule has 116 valence electrons. The lowest BCUT2D eigenvalue weighted by Crippen LogP contribution is -2.21. The van der Waals surface area contributed by atoms with Gasteiger partial charge >= 0.3 is 5.97 Å². The summed E-state index contributed by atoms with van der Waals surface area (Å²) in [6.45, 7) is 2.40. The fourth-order valence-corrected chi connectivity index (χ4v) is 2.71. The van der Waals surface area contributed by atoms with E-state index in [-0.39, 0.29) is 11.5 Å². The second-order valence-corrected chi connectivity index (χ2v) is 5.46. The van der Waals surface area contributed by atoms with Crippen molar-refractivity contribution in [3.05, 3.63) is 81.6 Å². The number of hydrogen-bond acceptors (Lipinski definition) is 3. The normalized spacial score (nSPS) is 10.7. The molecule has 0 amide bonds. The summed E-state index contributed by atoms with van der Waals surface area (Å²) in [6.07, 6.45) is 0. The molecule has 0 saturated heterocycles. The van der Waals surface area contributed by atoms with E-state index >= 15 is 0 Å². The molecule has 0 radical (unpaired) electrons. The van der Waals surface area contributed by atoms with Crippen LogP contribution >= 0.6 is 0 Å². The lowest BCUT2D eigenvalue weighted by molar-refractivity contribution is 0.0600. The molecule has 2 aromatic carbocycles. The van der Waals surface area contributed by atoms with E-state index in [1.807, 2.05) is 43.3 Å². The van der Waals surface area contributed by atoms with E-state index in [9.17, 15) is 9.59 Å². The highest BCUT2D eigenvalue weighted by Gasteiger charge is 2.08. The molecule has 4 nitrogen and oxygen atoms in total. The first-order chi connectivity index (χ1) is 11.1. The second-order valence-electron chi connectivity index (χ2n) is 5.46. The minimum Gasteiger partial charge on any atom is -0.465 e. The van der Waals surface area contributed by atoms with Crippen molar-refractivity contribution in [2.24, 2.45) is 0 Å². The van der Waals surface area contributed by atoms with Gasteiger partial charge in [0.25, 0.3) is 5.56 Å². The second kappa shape index (κ2) is 6.08. The van der Waals surface area contributed by atoms with Crippen LogP contribution in [-0.2, 0) is 11.3 Å². The van der Waals surface area contributed by atoms with Crippen molar-refractivity contribution in [1.29, 1.82) is 0 Å². The Hall–Kier alpha value is -2.88. The Labute approximate surface area is 133 Å². The van der Waals surface area contributed by atoms with E-state index in [1.54, 1.807) is 22.8 Å². The Kier molecular flexibility index (Phi) is 3.98. The number of nitrogens with zero attached hydrogens (tertiary/aromatic N) is 1. The first kappa shape index (κ1) is 15.0. The molecule has 0 fully saturated rings. The number of pyridine rings is 1. The molecule has 0 unspecified atom stereocenters. The molecule has 0 saturated carbocycles. The van der Waals surface area contributed by atoms with Crippen LogP contribution in [0.2, 0.25) is 0 Å². The molecule has 0 spiro atoms. The zero-order chi connectivity index (χ0) is 16.4. The van der Waals surface area contributed by atoms with Crippen molar-refractivity contribution < 1.29 is 9.53 Å². The van der Waals surface area contributed by atoms with E-state index in [4.69, 9.17) is 4.74 Å². The van der Waals surface area contributed by atoms with Crippen molar-refractivity contribution in [2.75, 3.05) is 7.11 Å². The van der Waals surface area contributed by atoms with Gasteiger partial charge in [0.1, 0.15) is 0 Å². The maximum Gasteiger partial charge on any atom is 0.337 e. The zero-order valence-corrected chi connectivity index (χ0v) is 13.1. The Morgan fingerprint density at radius 2 is 1.78 bits per heavy atom. The summed E-state index contributed by atoms with van der Waals surface area (Å²) in [5.41, 5.74) is 3.31. The molecule has 1 heterocycles. The molecule has 0 aliphatic carbocycles. The molecule has 0 aliphatic rings. The number of aromatic nitrogens is 1. The first-order valence-electron chi connectivity index (χ1n) is 7.36. The van der Waals surface area contributed by atoms with Gasteiger partial charge in [0, 0.05) is 11.5 Å². The minimum absolute atomic E-state index is 0.0294. The van der Waals surface area contributed by atoms with Gasteiger partial charge in [0.15, 0.2) is 0 Å². The van der Waals surface area contributed by atoms with Crippen LogP contribution in [0.5, 0.6) is 0 Å². The predicted molar refractivity (Wildman–Crippen MR) is 89.8 cm³/mol. The van der Waals surface area contributed by atoms with E-state index in [0.717, 1.165) is 22.0 Å². The third-order valence-electron chi connectivity index (χ3n) is 3.94. The smallest absolute Gasteiger partial charge is 0.337 e. The standard InChI is InChI=1S/C19H17NO3/c1-13-11-18(21)20(17-6-4-3-5-16(13)17)12-14-7-9-15(10-8-14)19(22)23-2/h3-11H,12H2,1-2H3. The molecule has 0 atom stereocenters. The summed E-state index contributed by atoms with van der Waals surface area (Å²) >= 11 is 0. The summed E-state index contributed by atoms with van der Waals surface area (Å²) in [4.78, 5) is 23.8. The first-order valence-corrected chi connectivity index (χ1v) is 7.36. The third kappa shape index (κ3) is 2.88. The van der Waals surface area contributed by atoms with Crippen molar-refractivity contribution in [3.63, 3.8) is 0 Å². The number of carbonyl (C=O) groups is 1. The monoisotopic (exact) mass is 307 g/mol. The van der Waals surface area contributed by atoms with Gasteiger partial charge < -0.3 is 9.30 Å². The maximum absolute atomic E-state index is 12.4. The van der Waals surface area contributed by atoms with Crippen molar-refractivity contribution >= 4 is 16.9 Å². The van der Waals surface area contributed by atoms with Gasteiger partial charge in [-0.3, -0.25) is 4.79 Å². The average Bonchev–Trinajstić information content (AvgIpc) is 2.58. The number of aryl methyl sites for hydroxylation is 1. The van der Waals surface area contributed by atoms with Crippen molar-refractivity contribution in [3.8, 4) is 0 Å². The average molecular weight is 307 g/mol. The number of rotatable bonds is 3.